The Bertz CT molecular complexity index is 772. The summed E-state index contributed by atoms with van der Waals surface area (Å²) in [4.78, 5) is 9.07. The van der Waals surface area contributed by atoms with E-state index < -0.39 is 10.0 Å². The number of rotatable bonds is 5. The summed E-state index contributed by atoms with van der Waals surface area (Å²) in [6.07, 6.45) is 3.64. The van der Waals surface area contributed by atoms with Crippen LogP contribution in [0.1, 0.15) is 11.1 Å². The van der Waals surface area contributed by atoms with Crippen molar-refractivity contribution in [2.75, 3.05) is 31.1 Å². The number of aromatic nitrogens is 1. The Morgan fingerprint density at radius 1 is 1.08 bits per heavy atom. The van der Waals surface area contributed by atoms with Gasteiger partial charge in [-0.25, -0.2) is 13.4 Å². The molecule has 2 heterocycles. The van der Waals surface area contributed by atoms with E-state index in [-0.39, 0.29) is 5.75 Å². The second-order valence-electron chi connectivity index (χ2n) is 5.97. The summed E-state index contributed by atoms with van der Waals surface area (Å²) in [5, 5.41) is 1.78. The molecule has 1 aromatic carbocycles. The van der Waals surface area contributed by atoms with Crippen molar-refractivity contribution in [3.05, 3.63) is 59.9 Å². The SMILES string of the molecule is Cc1cnccc1N1CCN(NS(=O)(=O)Cc2ccccc2)CC1. The maximum absolute atomic E-state index is 12.3. The zero-order valence-electron chi connectivity index (χ0n) is 13.7. The van der Waals surface area contributed by atoms with Gasteiger partial charge in [0.2, 0.25) is 10.0 Å². The average Bonchev–Trinajstić information content (AvgIpc) is 2.56. The van der Waals surface area contributed by atoms with E-state index in [0.29, 0.717) is 13.1 Å². The van der Waals surface area contributed by atoms with Gasteiger partial charge in [0.05, 0.1) is 5.75 Å². The number of hydrogen-bond acceptors (Lipinski definition) is 5. The second-order valence-corrected chi connectivity index (χ2v) is 7.67. The Hall–Kier alpha value is -1.96. The van der Waals surface area contributed by atoms with Crippen LogP contribution in [0.3, 0.4) is 0 Å². The molecule has 0 unspecified atom stereocenters. The Morgan fingerprint density at radius 2 is 1.79 bits per heavy atom. The normalized spacial score (nSPS) is 16.3. The lowest BCUT2D eigenvalue weighted by Gasteiger charge is -2.36. The standard InChI is InChI=1S/C17H22N4O2S/c1-15-13-18-8-7-17(15)20-9-11-21(12-10-20)19-24(22,23)14-16-5-3-2-4-6-16/h2-8,13,19H,9-12,14H2,1H3. The molecule has 6 nitrogen and oxygen atoms in total. The molecule has 0 radical (unpaired) electrons. The fraction of sp³-hybridized carbons (Fsp3) is 0.353. The molecule has 7 heteroatoms. The molecule has 0 spiro atoms. The highest BCUT2D eigenvalue weighted by atomic mass is 32.2. The molecule has 0 amide bonds. The fourth-order valence-electron chi connectivity index (χ4n) is 2.88. The van der Waals surface area contributed by atoms with Crippen molar-refractivity contribution in [3.8, 4) is 0 Å². The van der Waals surface area contributed by atoms with Gasteiger partial charge in [-0.15, -0.1) is 4.83 Å². The molecule has 1 aromatic heterocycles. The quantitative estimate of drug-likeness (QED) is 0.890. The van der Waals surface area contributed by atoms with E-state index in [2.05, 4.69) is 14.7 Å². The molecular formula is C17H22N4O2S. The maximum atomic E-state index is 12.3. The number of pyridine rings is 1. The Labute approximate surface area is 143 Å². The summed E-state index contributed by atoms with van der Waals surface area (Å²) < 4.78 is 24.6. The van der Waals surface area contributed by atoms with E-state index in [1.807, 2.05) is 49.5 Å². The predicted octanol–water partition coefficient (Wildman–Crippen LogP) is 1.55. The van der Waals surface area contributed by atoms with Gasteiger partial charge in [0.25, 0.3) is 0 Å². The van der Waals surface area contributed by atoms with Crippen molar-refractivity contribution < 1.29 is 8.42 Å². The number of piperazine rings is 1. The van der Waals surface area contributed by atoms with E-state index in [4.69, 9.17) is 0 Å². The molecule has 0 atom stereocenters. The van der Waals surface area contributed by atoms with E-state index in [1.54, 1.807) is 11.2 Å². The van der Waals surface area contributed by atoms with Crippen LogP contribution in [0.5, 0.6) is 0 Å². The van der Waals surface area contributed by atoms with Crippen LogP contribution in [0.4, 0.5) is 5.69 Å². The zero-order valence-corrected chi connectivity index (χ0v) is 14.5. The van der Waals surface area contributed by atoms with E-state index in [9.17, 15) is 8.42 Å². The summed E-state index contributed by atoms with van der Waals surface area (Å²) in [7, 11) is -3.38. The Kier molecular flexibility index (Phi) is 5.13. The van der Waals surface area contributed by atoms with Gasteiger partial charge in [-0.1, -0.05) is 30.3 Å². The number of hydrogen-bond donors (Lipinski definition) is 1. The molecular weight excluding hydrogens is 324 g/mol. The maximum Gasteiger partial charge on any atom is 0.228 e. The van der Waals surface area contributed by atoms with Crippen LogP contribution in [0, 0.1) is 6.92 Å². The monoisotopic (exact) mass is 346 g/mol. The largest absolute Gasteiger partial charge is 0.369 e. The molecule has 0 aliphatic carbocycles. The number of benzene rings is 1. The third kappa shape index (κ3) is 4.31. The highest BCUT2D eigenvalue weighted by molar-refractivity contribution is 7.88. The number of hydrazine groups is 1. The van der Waals surface area contributed by atoms with Crippen LogP contribution in [0.15, 0.2) is 48.8 Å². The number of nitrogens with zero attached hydrogens (tertiary/aromatic N) is 3. The lowest BCUT2D eigenvalue weighted by molar-refractivity contribution is 0.226. The highest BCUT2D eigenvalue weighted by Crippen LogP contribution is 2.19. The molecule has 1 aliphatic heterocycles. The molecule has 0 saturated carbocycles. The van der Waals surface area contributed by atoms with Crippen molar-refractivity contribution in [1.82, 2.24) is 14.8 Å². The summed E-state index contributed by atoms with van der Waals surface area (Å²) in [5.41, 5.74) is 3.09. The molecule has 1 N–H and O–H groups in total. The lowest BCUT2D eigenvalue weighted by Crippen LogP contribution is -2.53. The van der Waals surface area contributed by atoms with Crippen molar-refractivity contribution in [2.24, 2.45) is 0 Å². The van der Waals surface area contributed by atoms with Crippen LogP contribution in [0.25, 0.3) is 0 Å². The fourth-order valence-corrected chi connectivity index (χ4v) is 4.15. The Balaban J connectivity index is 1.56. The molecule has 128 valence electrons. The third-order valence-electron chi connectivity index (χ3n) is 4.08. The first-order valence-corrected chi connectivity index (χ1v) is 9.63. The van der Waals surface area contributed by atoms with E-state index >= 15 is 0 Å². The van der Waals surface area contributed by atoms with Crippen LogP contribution < -0.4 is 9.73 Å². The van der Waals surface area contributed by atoms with E-state index in [0.717, 1.165) is 29.9 Å². The lowest BCUT2D eigenvalue weighted by atomic mass is 10.2. The van der Waals surface area contributed by atoms with Crippen molar-refractivity contribution >= 4 is 15.7 Å². The summed E-state index contributed by atoms with van der Waals surface area (Å²) in [5.74, 6) is -0.00246. The summed E-state index contributed by atoms with van der Waals surface area (Å²) in [6.45, 7) is 4.89. The summed E-state index contributed by atoms with van der Waals surface area (Å²) in [6, 6.07) is 11.2. The van der Waals surface area contributed by atoms with Gasteiger partial charge in [-0.05, 0) is 24.1 Å². The first-order valence-electron chi connectivity index (χ1n) is 7.98. The van der Waals surface area contributed by atoms with Crippen LogP contribution in [-0.2, 0) is 15.8 Å². The smallest absolute Gasteiger partial charge is 0.228 e. The molecule has 0 bridgehead atoms. The highest BCUT2D eigenvalue weighted by Gasteiger charge is 2.22. The topological polar surface area (TPSA) is 65.5 Å². The molecule has 1 fully saturated rings. The van der Waals surface area contributed by atoms with Crippen molar-refractivity contribution in [1.29, 1.82) is 0 Å². The zero-order chi connectivity index (χ0) is 17.0. The van der Waals surface area contributed by atoms with Gasteiger partial charge in [-0.2, -0.15) is 0 Å². The minimum Gasteiger partial charge on any atom is -0.369 e. The van der Waals surface area contributed by atoms with Gasteiger partial charge in [0, 0.05) is 44.3 Å². The number of nitrogens with one attached hydrogen (secondary N) is 1. The molecule has 24 heavy (non-hydrogen) atoms. The second kappa shape index (κ2) is 7.29. The Morgan fingerprint density at radius 3 is 2.46 bits per heavy atom. The first-order chi connectivity index (χ1) is 11.5. The molecule has 1 aliphatic rings. The third-order valence-corrected chi connectivity index (χ3v) is 5.33. The van der Waals surface area contributed by atoms with Crippen LogP contribution in [-0.4, -0.2) is 44.6 Å². The number of aryl methyl sites for hydroxylation is 1. The number of sulfonamides is 1. The van der Waals surface area contributed by atoms with Crippen LogP contribution >= 0.6 is 0 Å². The molecule has 2 aromatic rings. The minimum atomic E-state index is -3.38. The van der Waals surface area contributed by atoms with Gasteiger partial charge >= 0.3 is 0 Å². The van der Waals surface area contributed by atoms with Gasteiger partial charge in [0.1, 0.15) is 0 Å². The first kappa shape index (κ1) is 16.9. The number of anilines is 1. The van der Waals surface area contributed by atoms with Crippen LogP contribution in [0.2, 0.25) is 0 Å². The molecule has 3 rings (SSSR count). The molecule has 1 saturated heterocycles. The van der Waals surface area contributed by atoms with Crippen molar-refractivity contribution in [2.45, 2.75) is 12.7 Å². The van der Waals surface area contributed by atoms with Gasteiger partial charge in [-0.3, -0.25) is 4.98 Å². The minimum absolute atomic E-state index is 0.00246. The predicted molar refractivity (Wildman–Crippen MR) is 95.0 cm³/mol. The van der Waals surface area contributed by atoms with Crippen molar-refractivity contribution in [3.63, 3.8) is 0 Å². The van der Waals surface area contributed by atoms with Gasteiger partial charge in [0.15, 0.2) is 0 Å². The van der Waals surface area contributed by atoms with E-state index in [1.165, 1.54) is 0 Å². The average molecular weight is 346 g/mol. The summed E-state index contributed by atoms with van der Waals surface area (Å²) >= 11 is 0. The van der Waals surface area contributed by atoms with Gasteiger partial charge < -0.3 is 4.90 Å².